The van der Waals surface area contributed by atoms with Crippen molar-refractivity contribution in [2.75, 3.05) is 46.2 Å². The highest BCUT2D eigenvalue weighted by atomic mass is 35.5. The Morgan fingerprint density at radius 1 is 0.313 bits per heavy atom. The van der Waals surface area contributed by atoms with Crippen molar-refractivity contribution in [3.05, 3.63) is 341 Å². The Balaban J connectivity index is 0.000000131. The Labute approximate surface area is 860 Å². The quantitative estimate of drug-likeness (QED) is 0.0152. The zero-order chi connectivity index (χ0) is 107. The van der Waals surface area contributed by atoms with Crippen LogP contribution in [0.15, 0.2) is 249 Å². The van der Waals surface area contributed by atoms with Crippen LogP contribution in [0.2, 0.25) is 15.1 Å². The number of fused-ring (bicyclic) bond motifs is 7. The van der Waals surface area contributed by atoms with E-state index in [0.29, 0.717) is 155 Å². The minimum atomic E-state index is -4.46. The Bertz CT molecular complexity index is 8370. The van der Waals surface area contributed by atoms with Crippen molar-refractivity contribution in [2.24, 2.45) is 0 Å². The molecule has 7 heterocycles. The van der Waals surface area contributed by atoms with Crippen LogP contribution >= 0.6 is 34.8 Å². The molecular formula is C103H89Cl3F3N23O18. The van der Waals surface area contributed by atoms with Gasteiger partial charge in [-0.3, -0.25) is 10.1 Å². The summed E-state index contributed by atoms with van der Waals surface area (Å²) in [5, 5.41) is 213. The second-order valence-corrected chi connectivity index (χ2v) is 34.2. The third-order valence-electron chi connectivity index (χ3n) is 22.6. The summed E-state index contributed by atoms with van der Waals surface area (Å²) in [4.78, 5) is 33.7. The van der Waals surface area contributed by atoms with Gasteiger partial charge in [0.15, 0.2) is 5.69 Å². The van der Waals surface area contributed by atoms with Gasteiger partial charge in [0.2, 0.25) is 0 Å². The lowest BCUT2D eigenvalue weighted by Gasteiger charge is -2.05. The predicted octanol–water partition coefficient (Wildman–Crippen LogP) is 15.3. The number of hydrogen-bond acceptors (Lipinski definition) is 31. The molecule has 150 heavy (non-hydrogen) atoms. The number of rotatable bonds is 24. The SMILES string of the molecule is CCc1ccc2nn(-c3cc(CCO)ccc3O)nc2c1.O=C(O)c1ccc2nn(-c3cc(CCO)ccc3O)nc2c1.O=[N+]([O-])c1ccc2nn(-c3cc(CCO)ccc3O)nc2c1.OCCc1ccc(O)c(-n2nc3cc(Cl)c(Cl)cc3n2)c1.OCCc1ccc(O)c(-n2nc3ccc(C(F)(F)F)cc3n2)c1.OCCc1ccc(O)c(-n2nc3ccc(Cl)cc3n2)c1.[C-]#[N+]c1ccc2nn(-c3cc(CCO)ccc3O)nc2c1. The van der Waals surface area contributed by atoms with Gasteiger partial charge >= 0.3 is 12.1 Å². The number of aromatic hydroxyl groups is 7. The molecule has 0 amide bonds. The van der Waals surface area contributed by atoms with Gasteiger partial charge in [-0.25, -0.2) is 9.64 Å². The van der Waals surface area contributed by atoms with Gasteiger partial charge in [0.25, 0.3) is 5.69 Å². The molecule has 47 heteroatoms. The van der Waals surface area contributed by atoms with Crippen LogP contribution in [0.3, 0.4) is 0 Å². The Hall–Kier alpha value is -17.8. The van der Waals surface area contributed by atoms with E-state index in [0.717, 1.165) is 73.3 Å². The molecule has 0 bridgehead atoms. The van der Waals surface area contributed by atoms with Gasteiger partial charge in [-0.05, 0) is 278 Å². The van der Waals surface area contributed by atoms with Crippen molar-refractivity contribution in [1.82, 2.24) is 105 Å². The van der Waals surface area contributed by atoms with Crippen LogP contribution in [0.1, 0.15) is 67.4 Å². The number of hydrogen-bond donors (Lipinski definition) is 15. The number of nitrogens with zero attached hydrogens (tertiary/aromatic N) is 23. The van der Waals surface area contributed by atoms with Gasteiger partial charge in [-0.1, -0.05) is 96.3 Å². The van der Waals surface area contributed by atoms with Crippen LogP contribution in [0.4, 0.5) is 24.5 Å². The van der Waals surface area contributed by atoms with Crippen LogP contribution in [0, 0.1) is 16.7 Å². The lowest BCUT2D eigenvalue weighted by atomic mass is 10.1. The maximum absolute atomic E-state index is 12.7. The van der Waals surface area contributed by atoms with Gasteiger partial charge in [-0.2, -0.15) is 13.2 Å². The first-order valence-electron chi connectivity index (χ1n) is 45.7. The fraction of sp³-hybridized carbons (Fsp3) is 0.165. The minimum Gasteiger partial charge on any atom is -0.506 e. The largest absolute Gasteiger partial charge is 0.506 e. The number of phenolic OH excluding ortho intramolecular Hbond substituents is 7. The fourth-order valence-corrected chi connectivity index (χ4v) is 15.4. The monoisotopic (exact) mass is 2100 g/mol. The van der Waals surface area contributed by atoms with E-state index in [1.165, 1.54) is 88.9 Å². The van der Waals surface area contributed by atoms with Crippen molar-refractivity contribution < 1.29 is 99.5 Å². The number of aryl methyl sites for hydroxylation is 1. The number of halogens is 6. The number of aliphatic hydroxyl groups excluding tert-OH is 7. The van der Waals surface area contributed by atoms with E-state index in [4.69, 9.17) is 82.2 Å². The van der Waals surface area contributed by atoms with Crippen molar-refractivity contribution >= 4 is 129 Å². The number of non-ortho nitro benzene ring substituents is 1. The molecule has 21 aromatic rings. The van der Waals surface area contributed by atoms with Gasteiger partial charge in [0, 0.05) is 63.4 Å². The van der Waals surface area contributed by atoms with Crippen molar-refractivity contribution in [3.8, 4) is 80.1 Å². The summed E-state index contributed by atoms with van der Waals surface area (Å²) in [6.07, 6.45) is -0.195. The van der Waals surface area contributed by atoms with Crippen molar-refractivity contribution in [3.63, 3.8) is 0 Å². The number of phenols is 7. The van der Waals surface area contributed by atoms with Crippen LogP contribution in [0.5, 0.6) is 40.2 Å². The molecule has 21 rings (SSSR count). The molecule has 0 unspecified atom stereocenters. The first-order valence-corrected chi connectivity index (χ1v) is 46.8. The minimum absolute atomic E-state index is 0.000420. The molecule has 14 aromatic carbocycles. The third-order valence-corrected chi connectivity index (χ3v) is 23.6. The standard InChI is InChI=1S/C16H17N3O2.C15H12F3N3O2.C15H12N4O2.C15H13N3O4.C14H11Cl2N3O2.C14H12ClN3O2.C14H12N4O4/c1-2-11-3-5-13-14(9-11)18-19(17-13)15-10-12(7-8-20)4-6-16(15)21;16-15(17,18)10-2-3-11-12(8-10)20-21(19-11)13-7-9(5-6-22)1-4-14(13)23;1-16-11-3-4-12-13(9-11)18-19(17-12)14-8-10(6-7-20)2-5-15(14)21;19-6-5-9-1-4-14(20)13(7-9)18-16-11-3-2-10(15(21)22)8-12(11)17-18;15-9-6-11-12(7-10(9)16)18-19(17-11)13-5-8(3-4-20)1-2-14(13)21;15-10-2-3-11-12(8-10)17-18(16-11)13-7-9(5-6-19)1-4-14(13)20;19-6-5-9-1-4-14(20)13(7-9)17-15-11-3-2-10(18(21)22)8-12(11)16-17/h3-6,9-10,20-21H,2,7-8H2,1H3;1-4,7-8,22-23H,5-6H2;2-5,8-9,20-21H,6-7H2;1-4,7-8,19-20H,5-6H2,(H,21,22);1-2,5-7,20-21H,3-4H2;1-4,7-8,19-20H,5-6H2;1-4,7-8,19-20H,5-6H2. The molecule has 41 nitrogen and oxygen atoms in total. The summed E-state index contributed by atoms with van der Waals surface area (Å²) in [5.41, 5.74) is 17.3. The molecule has 0 saturated carbocycles. The summed E-state index contributed by atoms with van der Waals surface area (Å²) in [5.74, 6) is -0.855. The lowest BCUT2D eigenvalue weighted by Crippen LogP contribution is -2.04. The Kier molecular flexibility index (Phi) is 34.1. The zero-order valence-electron chi connectivity index (χ0n) is 78.8. The number of nitro groups is 1. The van der Waals surface area contributed by atoms with E-state index < -0.39 is 22.6 Å². The van der Waals surface area contributed by atoms with Gasteiger partial charge in [0.1, 0.15) is 157 Å². The molecule has 0 aliphatic carbocycles. The number of nitro benzene ring substituents is 1. The molecule has 15 N–H and O–H groups in total. The molecule has 0 saturated heterocycles. The van der Waals surface area contributed by atoms with E-state index in [1.807, 2.05) is 18.2 Å². The van der Waals surface area contributed by atoms with Crippen LogP contribution in [-0.2, 0) is 57.5 Å². The Morgan fingerprint density at radius 3 is 0.853 bits per heavy atom. The second kappa shape index (κ2) is 48.0. The number of carboxylic acid groups (broad SMARTS) is 1. The van der Waals surface area contributed by atoms with E-state index in [9.17, 15) is 63.8 Å². The van der Waals surface area contributed by atoms with Gasteiger partial charge in [-0.15, -0.1) is 105 Å². The molecule has 0 fully saturated rings. The molecule has 0 aliphatic rings. The maximum Gasteiger partial charge on any atom is 0.416 e. The normalized spacial score (nSPS) is 11.2. The molecule has 7 aromatic heterocycles. The molecule has 0 atom stereocenters. The first kappa shape index (κ1) is 106. The van der Waals surface area contributed by atoms with E-state index in [2.05, 4.69) is 83.2 Å². The number of alkyl halides is 3. The van der Waals surface area contributed by atoms with E-state index in [-0.39, 0.29) is 114 Å². The topological polar surface area (TPSA) is 583 Å². The summed E-state index contributed by atoms with van der Waals surface area (Å²) in [6, 6.07) is 65.9. The number of benzene rings is 14. The van der Waals surface area contributed by atoms with Crippen molar-refractivity contribution in [2.45, 2.75) is 64.5 Å². The van der Waals surface area contributed by atoms with E-state index in [1.54, 1.807) is 164 Å². The fourth-order valence-electron chi connectivity index (χ4n) is 15.0. The summed E-state index contributed by atoms with van der Waals surface area (Å²) < 4.78 is 38.2. The highest BCUT2D eigenvalue weighted by Gasteiger charge is 2.32. The lowest BCUT2D eigenvalue weighted by molar-refractivity contribution is -0.384. The number of carbonyl (C=O) groups is 1. The van der Waals surface area contributed by atoms with Gasteiger partial charge in [0.05, 0.1) is 32.7 Å². The molecule has 0 radical (unpaired) electrons. The number of aromatic carboxylic acids is 1. The van der Waals surface area contributed by atoms with Crippen LogP contribution in [0.25, 0.3) is 122 Å². The number of aromatic nitrogens is 21. The first-order chi connectivity index (χ1) is 72.2. The maximum atomic E-state index is 12.7. The smallest absolute Gasteiger partial charge is 0.416 e. The molecule has 0 spiro atoms. The third kappa shape index (κ3) is 25.8. The number of aliphatic hydroxyl groups is 7. The Morgan fingerprint density at radius 2 is 0.560 bits per heavy atom. The average molecular weight is 2100 g/mol. The zero-order valence-corrected chi connectivity index (χ0v) is 81.0. The summed E-state index contributed by atoms with van der Waals surface area (Å²) in [7, 11) is 0. The molecular weight excluding hydrogens is 2010 g/mol. The summed E-state index contributed by atoms with van der Waals surface area (Å²) in [6.45, 7) is 9.21. The average Bonchev–Trinajstić information content (AvgIpc) is 1.46. The molecule has 766 valence electrons. The molecule has 0 aliphatic heterocycles. The van der Waals surface area contributed by atoms with E-state index >= 15 is 0 Å². The van der Waals surface area contributed by atoms with Gasteiger partial charge < -0.3 is 76.6 Å². The van der Waals surface area contributed by atoms with Crippen LogP contribution in [-0.4, -0.2) is 239 Å². The van der Waals surface area contributed by atoms with Crippen molar-refractivity contribution in [1.29, 1.82) is 0 Å². The van der Waals surface area contributed by atoms with Crippen LogP contribution < -0.4 is 0 Å². The predicted molar refractivity (Wildman–Crippen MR) is 549 cm³/mol. The number of carboxylic acids is 1. The summed E-state index contributed by atoms with van der Waals surface area (Å²) >= 11 is 17.8. The highest BCUT2D eigenvalue weighted by Crippen LogP contribution is 2.37. The second-order valence-electron chi connectivity index (χ2n) is 33.0. The highest BCUT2D eigenvalue weighted by molar-refractivity contribution is 6.42.